The predicted molar refractivity (Wildman–Crippen MR) is 72.5 cm³/mol. The first kappa shape index (κ1) is 16.8. The molecule has 0 radical (unpaired) electrons. The molecule has 0 amide bonds. The zero-order chi connectivity index (χ0) is 13.1. The molecule has 0 spiro atoms. The fourth-order valence-corrected chi connectivity index (χ4v) is 0.970. The van der Waals surface area contributed by atoms with E-state index in [0.29, 0.717) is 17.1 Å². The van der Waals surface area contributed by atoms with E-state index in [2.05, 4.69) is 23.1 Å². The van der Waals surface area contributed by atoms with Crippen LogP contribution in [-0.4, -0.2) is 9.97 Å². The highest BCUT2D eigenvalue weighted by atomic mass is 16.1. The van der Waals surface area contributed by atoms with Crippen molar-refractivity contribution < 1.29 is 0 Å². The summed E-state index contributed by atoms with van der Waals surface area (Å²) in [6.45, 7) is 16.8. The minimum atomic E-state index is -0.174. The minimum absolute atomic E-state index is 0.174. The van der Waals surface area contributed by atoms with Crippen LogP contribution in [0.15, 0.2) is 18.0 Å². The lowest BCUT2D eigenvalue weighted by molar-refractivity contribution is 1.00. The van der Waals surface area contributed by atoms with Crippen molar-refractivity contribution >= 4 is 12.2 Å². The third-order valence-corrected chi connectivity index (χ3v) is 1.50. The van der Waals surface area contributed by atoms with E-state index in [1.807, 2.05) is 27.7 Å². The third-order valence-electron chi connectivity index (χ3n) is 1.50. The number of aromatic nitrogens is 2. The molecule has 1 heterocycles. The Hall–Kier alpha value is -1.64. The van der Waals surface area contributed by atoms with Crippen LogP contribution in [0.5, 0.6) is 0 Å². The van der Waals surface area contributed by atoms with Crippen molar-refractivity contribution in [3.63, 3.8) is 0 Å². The highest BCUT2D eigenvalue weighted by Gasteiger charge is 2.02. The fraction of sp³-hybridized carbons (Fsp3) is 0.385. The second-order valence-corrected chi connectivity index (χ2v) is 2.36. The first-order chi connectivity index (χ1) is 7.69. The van der Waals surface area contributed by atoms with Crippen LogP contribution in [-0.2, 0) is 0 Å². The molecule has 1 aromatic heterocycles. The van der Waals surface area contributed by atoms with Crippen LogP contribution in [0, 0.1) is 6.92 Å². The molecule has 1 N–H and O–H groups in total. The molecule has 0 aliphatic carbocycles. The van der Waals surface area contributed by atoms with Crippen molar-refractivity contribution in [2.45, 2.75) is 34.6 Å². The molecule has 0 bridgehead atoms. The van der Waals surface area contributed by atoms with Crippen LogP contribution < -0.4 is 5.56 Å². The van der Waals surface area contributed by atoms with Crippen molar-refractivity contribution in [2.24, 2.45) is 0 Å². The summed E-state index contributed by atoms with van der Waals surface area (Å²) in [7, 11) is 0. The minimum Gasteiger partial charge on any atom is -0.310 e. The molecule has 0 unspecified atom stereocenters. The summed E-state index contributed by atoms with van der Waals surface area (Å²) in [4.78, 5) is 17.9. The van der Waals surface area contributed by atoms with Crippen molar-refractivity contribution in [1.82, 2.24) is 9.97 Å². The van der Waals surface area contributed by atoms with Crippen LogP contribution in [0.25, 0.3) is 12.2 Å². The molecule has 1 aromatic rings. The van der Waals surface area contributed by atoms with E-state index in [-0.39, 0.29) is 5.56 Å². The molecule has 0 saturated carbocycles. The smallest absolute Gasteiger partial charge is 0.258 e. The van der Waals surface area contributed by atoms with Crippen LogP contribution >= 0.6 is 0 Å². The summed E-state index contributed by atoms with van der Waals surface area (Å²) in [5.41, 5.74) is 0.870. The van der Waals surface area contributed by atoms with Gasteiger partial charge in [-0.1, -0.05) is 46.9 Å². The molecule has 0 saturated heterocycles. The van der Waals surface area contributed by atoms with Gasteiger partial charge in [-0.05, 0) is 13.0 Å². The zero-order valence-corrected chi connectivity index (χ0v) is 10.9. The van der Waals surface area contributed by atoms with Crippen molar-refractivity contribution in [1.29, 1.82) is 0 Å². The van der Waals surface area contributed by atoms with Crippen LogP contribution in [0.3, 0.4) is 0 Å². The van der Waals surface area contributed by atoms with Gasteiger partial charge in [-0.2, -0.15) is 0 Å². The molecule has 16 heavy (non-hydrogen) atoms. The van der Waals surface area contributed by atoms with Crippen molar-refractivity contribution in [2.75, 3.05) is 0 Å². The Balaban J connectivity index is 0. The first-order valence-electron chi connectivity index (χ1n) is 5.55. The highest BCUT2D eigenvalue weighted by Crippen LogP contribution is 2.02. The van der Waals surface area contributed by atoms with E-state index in [4.69, 9.17) is 0 Å². The van der Waals surface area contributed by atoms with Crippen LogP contribution in [0.2, 0.25) is 0 Å². The summed E-state index contributed by atoms with van der Waals surface area (Å²) in [5, 5.41) is 0. The molecular formula is C13H22N2O. The van der Waals surface area contributed by atoms with E-state index >= 15 is 0 Å². The standard InChI is InChI=1S/C9H10N2O.2C2H6/c1-4-7-8(5-2)10-6(3)11-9(7)12;2*1-2/h4-5H,1-2H2,3H3,(H,10,11,12);2*1-2H3. The van der Waals surface area contributed by atoms with Gasteiger partial charge in [0.05, 0.1) is 11.3 Å². The van der Waals surface area contributed by atoms with Gasteiger partial charge in [0.2, 0.25) is 0 Å². The normalized spacial score (nSPS) is 7.81. The van der Waals surface area contributed by atoms with Gasteiger partial charge in [0.1, 0.15) is 5.82 Å². The van der Waals surface area contributed by atoms with Gasteiger partial charge in [0.15, 0.2) is 0 Å². The quantitative estimate of drug-likeness (QED) is 0.833. The van der Waals surface area contributed by atoms with Crippen LogP contribution in [0.4, 0.5) is 0 Å². The number of nitrogens with one attached hydrogen (secondary N) is 1. The van der Waals surface area contributed by atoms with Gasteiger partial charge in [0.25, 0.3) is 5.56 Å². The van der Waals surface area contributed by atoms with Crippen LogP contribution in [0.1, 0.15) is 44.8 Å². The molecule has 3 nitrogen and oxygen atoms in total. The summed E-state index contributed by atoms with van der Waals surface area (Å²) in [5.74, 6) is 0.584. The SMILES string of the molecule is C=Cc1nc(C)[nH]c(=O)c1C=C.CC.CC. The molecule has 90 valence electrons. The molecule has 1 rings (SSSR count). The molecule has 0 atom stereocenters. The number of aryl methyl sites for hydroxylation is 1. The topological polar surface area (TPSA) is 45.8 Å². The number of rotatable bonds is 2. The Morgan fingerprint density at radius 2 is 1.62 bits per heavy atom. The number of aromatic amines is 1. The molecule has 0 aromatic carbocycles. The summed E-state index contributed by atoms with van der Waals surface area (Å²) in [6, 6.07) is 0. The van der Waals surface area contributed by atoms with Gasteiger partial charge in [-0.25, -0.2) is 4.98 Å². The Kier molecular flexibility index (Phi) is 10.4. The van der Waals surface area contributed by atoms with E-state index in [1.54, 1.807) is 13.0 Å². The van der Waals surface area contributed by atoms with Gasteiger partial charge >= 0.3 is 0 Å². The van der Waals surface area contributed by atoms with Crippen molar-refractivity contribution in [3.8, 4) is 0 Å². The summed E-state index contributed by atoms with van der Waals surface area (Å²) in [6.07, 6.45) is 3.02. The highest BCUT2D eigenvalue weighted by molar-refractivity contribution is 5.59. The average molecular weight is 222 g/mol. The lowest BCUT2D eigenvalue weighted by Gasteiger charge is -1.99. The Morgan fingerprint density at radius 1 is 1.12 bits per heavy atom. The molecule has 0 aliphatic heterocycles. The number of H-pyrrole nitrogens is 1. The maximum Gasteiger partial charge on any atom is 0.258 e. The van der Waals surface area contributed by atoms with Gasteiger partial charge in [0, 0.05) is 0 Å². The largest absolute Gasteiger partial charge is 0.310 e. The average Bonchev–Trinajstić information content (AvgIpc) is 2.33. The first-order valence-corrected chi connectivity index (χ1v) is 5.55. The van der Waals surface area contributed by atoms with Gasteiger partial charge in [-0.15, -0.1) is 0 Å². The number of nitrogens with zero attached hydrogens (tertiary/aromatic N) is 1. The lowest BCUT2D eigenvalue weighted by Crippen LogP contribution is -2.14. The van der Waals surface area contributed by atoms with E-state index in [1.165, 1.54) is 6.08 Å². The number of hydrogen-bond donors (Lipinski definition) is 1. The van der Waals surface area contributed by atoms with E-state index in [9.17, 15) is 4.79 Å². The predicted octanol–water partition coefficient (Wildman–Crippen LogP) is 3.42. The van der Waals surface area contributed by atoms with E-state index in [0.717, 1.165) is 0 Å². The summed E-state index contributed by atoms with van der Waals surface area (Å²) >= 11 is 0. The monoisotopic (exact) mass is 222 g/mol. The van der Waals surface area contributed by atoms with E-state index < -0.39 is 0 Å². The van der Waals surface area contributed by atoms with Gasteiger partial charge < -0.3 is 4.98 Å². The Labute approximate surface area is 97.9 Å². The van der Waals surface area contributed by atoms with Crippen molar-refractivity contribution in [3.05, 3.63) is 40.6 Å². The third kappa shape index (κ3) is 4.73. The summed E-state index contributed by atoms with van der Waals surface area (Å²) < 4.78 is 0. The number of hydrogen-bond acceptors (Lipinski definition) is 2. The zero-order valence-electron chi connectivity index (χ0n) is 10.9. The fourth-order valence-electron chi connectivity index (χ4n) is 0.970. The second-order valence-electron chi connectivity index (χ2n) is 2.36. The Morgan fingerprint density at radius 3 is 2.00 bits per heavy atom. The molecule has 3 heteroatoms. The molecular weight excluding hydrogens is 200 g/mol. The maximum atomic E-state index is 11.2. The van der Waals surface area contributed by atoms with Gasteiger partial charge in [-0.3, -0.25) is 4.79 Å². The lowest BCUT2D eigenvalue weighted by atomic mass is 10.2. The second kappa shape index (κ2) is 9.90. The molecule has 0 fully saturated rings. The Bertz CT molecular complexity index is 378. The molecule has 0 aliphatic rings. The maximum absolute atomic E-state index is 11.2.